The summed E-state index contributed by atoms with van der Waals surface area (Å²) in [6.07, 6.45) is 1.85. The van der Waals surface area contributed by atoms with Crippen LogP contribution in [0.1, 0.15) is 20.3 Å². The van der Waals surface area contributed by atoms with Gasteiger partial charge in [0.15, 0.2) is 0 Å². The van der Waals surface area contributed by atoms with Gasteiger partial charge in [-0.15, -0.1) is 0 Å². The summed E-state index contributed by atoms with van der Waals surface area (Å²) in [6.45, 7) is 3.97. The molecule has 1 aromatic carbocycles. The molecular formula is C13H16N2O2. The van der Waals surface area contributed by atoms with Crippen LogP contribution in [0.3, 0.4) is 0 Å². The lowest BCUT2D eigenvalue weighted by Gasteiger charge is -2.18. The van der Waals surface area contributed by atoms with Crippen LogP contribution in [0.25, 0.3) is 11.0 Å². The lowest BCUT2D eigenvalue weighted by atomic mass is 10.1. The van der Waals surface area contributed by atoms with E-state index in [0.29, 0.717) is 13.0 Å². The van der Waals surface area contributed by atoms with Gasteiger partial charge < -0.3 is 9.67 Å². The highest BCUT2D eigenvalue weighted by atomic mass is 16.3. The third-order valence-electron chi connectivity index (χ3n) is 2.70. The summed E-state index contributed by atoms with van der Waals surface area (Å²) in [5, 5.41) is 9.71. The Morgan fingerprint density at radius 1 is 1.35 bits per heavy atom. The molecule has 0 aliphatic carbocycles. The minimum Gasteiger partial charge on any atom is -0.390 e. The van der Waals surface area contributed by atoms with Crippen LogP contribution in [-0.2, 0) is 6.54 Å². The first-order valence-corrected chi connectivity index (χ1v) is 5.64. The zero-order valence-electron chi connectivity index (χ0n) is 10.1. The van der Waals surface area contributed by atoms with Crippen LogP contribution in [0.2, 0.25) is 0 Å². The maximum absolute atomic E-state index is 11.8. The number of aryl methyl sites for hydroxylation is 1. The molecule has 0 unspecified atom stereocenters. The molecule has 0 fully saturated rings. The van der Waals surface area contributed by atoms with Crippen LogP contribution >= 0.6 is 0 Å². The summed E-state index contributed by atoms with van der Waals surface area (Å²) in [4.78, 5) is 15.9. The van der Waals surface area contributed by atoms with Crippen LogP contribution < -0.4 is 5.56 Å². The molecule has 4 heteroatoms. The SMILES string of the molecule is CC(C)(O)CCn1c(=O)cnc2ccccc21. The van der Waals surface area contributed by atoms with Crippen LogP contribution in [0.5, 0.6) is 0 Å². The van der Waals surface area contributed by atoms with Gasteiger partial charge in [0.2, 0.25) is 0 Å². The number of nitrogens with zero attached hydrogens (tertiary/aromatic N) is 2. The molecule has 0 spiro atoms. The second kappa shape index (κ2) is 4.30. The monoisotopic (exact) mass is 232 g/mol. The number of fused-ring (bicyclic) bond motifs is 1. The zero-order valence-corrected chi connectivity index (χ0v) is 10.1. The maximum Gasteiger partial charge on any atom is 0.269 e. The van der Waals surface area contributed by atoms with Gasteiger partial charge >= 0.3 is 0 Å². The Balaban J connectivity index is 2.45. The van der Waals surface area contributed by atoms with Gasteiger partial charge in [-0.2, -0.15) is 0 Å². The predicted octanol–water partition coefficient (Wildman–Crippen LogP) is 1.56. The van der Waals surface area contributed by atoms with Gasteiger partial charge in [0.25, 0.3) is 5.56 Å². The average Bonchev–Trinajstić information content (AvgIpc) is 2.26. The molecule has 1 aromatic heterocycles. The number of aliphatic hydroxyl groups is 1. The fourth-order valence-electron chi connectivity index (χ4n) is 1.73. The van der Waals surface area contributed by atoms with Crippen molar-refractivity contribution in [1.29, 1.82) is 0 Å². The normalized spacial score (nSPS) is 11.9. The standard InChI is InChI=1S/C13H16N2O2/c1-13(2,17)7-8-15-11-6-4-3-5-10(11)14-9-12(15)16/h3-6,9,17H,7-8H2,1-2H3. The van der Waals surface area contributed by atoms with Crippen molar-refractivity contribution < 1.29 is 5.11 Å². The maximum atomic E-state index is 11.8. The molecule has 0 amide bonds. The molecule has 90 valence electrons. The van der Waals surface area contributed by atoms with E-state index < -0.39 is 5.60 Å². The first-order valence-electron chi connectivity index (χ1n) is 5.64. The predicted molar refractivity (Wildman–Crippen MR) is 66.9 cm³/mol. The van der Waals surface area contributed by atoms with Crippen LogP contribution in [0.15, 0.2) is 35.3 Å². The lowest BCUT2D eigenvalue weighted by molar-refractivity contribution is 0.0663. The molecule has 0 saturated carbocycles. The third kappa shape index (κ3) is 2.71. The van der Waals surface area contributed by atoms with Gasteiger partial charge in [-0.1, -0.05) is 12.1 Å². The summed E-state index contributed by atoms with van der Waals surface area (Å²) >= 11 is 0. The molecule has 0 atom stereocenters. The van der Waals surface area contributed by atoms with Crippen molar-refractivity contribution in [3.8, 4) is 0 Å². The van der Waals surface area contributed by atoms with Crippen molar-refractivity contribution in [3.63, 3.8) is 0 Å². The molecule has 0 aliphatic rings. The largest absolute Gasteiger partial charge is 0.390 e. The van der Waals surface area contributed by atoms with E-state index >= 15 is 0 Å². The van der Waals surface area contributed by atoms with Crippen molar-refractivity contribution in [2.24, 2.45) is 0 Å². The van der Waals surface area contributed by atoms with Crippen LogP contribution in [0.4, 0.5) is 0 Å². The molecule has 2 aromatic rings. The molecule has 2 rings (SSSR count). The molecule has 0 aliphatic heterocycles. The van der Waals surface area contributed by atoms with E-state index in [9.17, 15) is 9.90 Å². The Bertz CT molecular complexity index is 582. The number of hydrogen-bond donors (Lipinski definition) is 1. The third-order valence-corrected chi connectivity index (χ3v) is 2.70. The summed E-state index contributed by atoms with van der Waals surface area (Å²) in [7, 11) is 0. The molecule has 0 saturated heterocycles. The fourth-order valence-corrected chi connectivity index (χ4v) is 1.73. The van der Waals surface area contributed by atoms with Gasteiger partial charge in [0.1, 0.15) is 0 Å². The van der Waals surface area contributed by atoms with Gasteiger partial charge in [-0.3, -0.25) is 4.79 Å². The Morgan fingerprint density at radius 3 is 2.76 bits per heavy atom. The van der Waals surface area contributed by atoms with Gasteiger partial charge in [-0.25, -0.2) is 4.98 Å². The van der Waals surface area contributed by atoms with E-state index in [1.165, 1.54) is 6.20 Å². The summed E-state index contributed by atoms with van der Waals surface area (Å²) in [6, 6.07) is 7.51. The number of hydrogen-bond acceptors (Lipinski definition) is 3. The molecule has 1 heterocycles. The number of para-hydroxylation sites is 2. The molecule has 0 radical (unpaired) electrons. The first-order chi connectivity index (χ1) is 7.97. The highest BCUT2D eigenvalue weighted by Gasteiger charge is 2.13. The van der Waals surface area contributed by atoms with Crippen molar-refractivity contribution >= 4 is 11.0 Å². The van der Waals surface area contributed by atoms with E-state index in [4.69, 9.17) is 0 Å². The number of benzene rings is 1. The van der Waals surface area contributed by atoms with E-state index in [-0.39, 0.29) is 5.56 Å². The van der Waals surface area contributed by atoms with Gasteiger partial charge in [-0.05, 0) is 32.4 Å². The van der Waals surface area contributed by atoms with E-state index in [0.717, 1.165) is 11.0 Å². The molecule has 17 heavy (non-hydrogen) atoms. The summed E-state index contributed by atoms with van der Waals surface area (Å²) < 4.78 is 1.65. The second-order valence-corrected chi connectivity index (χ2v) is 4.80. The van der Waals surface area contributed by atoms with Crippen molar-refractivity contribution in [3.05, 3.63) is 40.8 Å². The quantitative estimate of drug-likeness (QED) is 0.873. The molecule has 4 nitrogen and oxygen atoms in total. The highest BCUT2D eigenvalue weighted by molar-refractivity contribution is 5.74. The Labute approximate surface area is 99.5 Å². The topological polar surface area (TPSA) is 55.1 Å². The zero-order chi connectivity index (χ0) is 12.5. The smallest absolute Gasteiger partial charge is 0.269 e. The van der Waals surface area contributed by atoms with Crippen molar-refractivity contribution in [2.45, 2.75) is 32.4 Å². The van der Waals surface area contributed by atoms with E-state index in [1.54, 1.807) is 18.4 Å². The summed E-state index contributed by atoms with van der Waals surface area (Å²) in [5.41, 5.74) is 0.698. The number of rotatable bonds is 3. The highest BCUT2D eigenvalue weighted by Crippen LogP contribution is 2.12. The summed E-state index contributed by atoms with van der Waals surface area (Å²) in [5.74, 6) is 0. The van der Waals surface area contributed by atoms with Crippen LogP contribution in [0, 0.1) is 0 Å². The van der Waals surface area contributed by atoms with E-state index in [1.807, 2.05) is 24.3 Å². The molecular weight excluding hydrogens is 216 g/mol. The van der Waals surface area contributed by atoms with Gasteiger partial charge in [0, 0.05) is 6.54 Å². The number of aromatic nitrogens is 2. The van der Waals surface area contributed by atoms with Gasteiger partial charge in [0.05, 0.1) is 22.8 Å². The van der Waals surface area contributed by atoms with Crippen molar-refractivity contribution in [2.75, 3.05) is 0 Å². The van der Waals surface area contributed by atoms with Crippen LogP contribution in [-0.4, -0.2) is 20.3 Å². The van der Waals surface area contributed by atoms with E-state index in [2.05, 4.69) is 4.98 Å². The minimum absolute atomic E-state index is 0.132. The Hall–Kier alpha value is -1.68. The Morgan fingerprint density at radius 2 is 2.06 bits per heavy atom. The lowest BCUT2D eigenvalue weighted by Crippen LogP contribution is -2.26. The van der Waals surface area contributed by atoms with Crippen molar-refractivity contribution in [1.82, 2.24) is 9.55 Å². The second-order valence-electron chi connectivity index (χ2n) is 4.80. The Kier molecular flexibility index (Phi) is 2.98. The fraction of sp³-hybridized carbons (Fsp3) is 0.385. The average molecular weight is 232 g/mol. The minimum atomic E-state index is -0.774. The molecule has 1 N–H and O–H groups in total. The molecule has 0 bridgehead atoms. The first kappa shape index (κ1) is 11.8.